The number of amides is 1. The van der Waals surface area contributed by atoms with Crippen molar-refractivity contribution < 1.29 is 13.9 Å². The highest BCUT2D eigenvalue weighted by Gasteiger charge is 2.29. The number of aromatic nitrogens is 1. The summed E-state index contributed by atoms with van der Waals surface area (Å²) < 4.78 is 19.4. The average Bonchev–Trinajstić information content (AvgIpc) is 3.13. The summed E-state index contributed by atoms with van der Waals surface area (Å²) in [4.78, 5) is 18.3. The van der Waals surface area contributed by atoms with E-state index in [2.05, 4.69) is 15.2 Å². The number of carbonyl (C=O) groups is 1. The molecule has 0 bridgehead atoms. The Hall–Kier alpha value is -1.92. The van der Waals surface area contributed by atoms with Crippen molar-refractivity contribution in [1.29, 1.82) is 0 Å². The number of hydrogen-bond donors (Lipinski definition) is 2. The van der Waals surface area contributed by atoms with Crippen molar-refractivity contribution in [2.24, 2.45) is 0 Å². The van der Waals surface area contributed by atoms with E-state index >= 15 is 0 Å². The van der Waals surface area contributed by atoms with Crippen LogP contribution in [-0.4, -0.2) is 54.2 Å². The lowest BCUT2D eigenvalue weighted by atomic mass is 9.89. The van der Waals surface area contributed by atoms with Gasteiger partial charge in [-0.1, -0.05) is 6.07 Å². The summed E-state index contributed by atoms with van der Waals surface area (Å²) in [6.45, 7) is 5.47. The molecule has 2 atom stereocenters. The van der Waals surface area contributed by atoms with Gasteiger partial charge in [-0.3, -0.25) is 9.69 Å². The lowest BCUT2D eigenvalue weighted by Gasteiger charge is -2.39. The number of carbonyl (C=O) groups excluding carboxylic acids is 1. The molecule has 140 valence electrons. The number of nitrogens with one attached hydrogen (secondary N) is 2. The molecule has 1 saturated carbocycles. The number of halogens is 1. The number of aryl methyl sites for hydroxylation is 1. The zero-order chi connectivity index (χ0) is 18.1. The van der Waals surface area contributed by atoms with Crippen LogP contribution < -0.4 is 5.32 Å². The maximum absolute atomic E-state index is 14.0. The van der Waals surface area contributed by atoms with Gasteiger partial charge in [0.2, 0.25) is 0 Å². The van der Waals surface area contributed by atoms with Gasteiger partial charge in [-0.25, -0.2) is 4.39 Å². The molecule has 2 N–H and O–H groups in total. The number of aromatic amines is 1. The van der Waals surface area contributed by atoms with E-state index in [1.807, 2.05) is 6.92 Å². The number of fused-ring (bicyclic) bond motifs is 1. The number of benzene rings is 1. The van der Waals surface area contributed by atoms with E-state index in [-0.39, 0.29) is 17.8 Å². The maximum atomic E-state index is 14.0. The highest BCUT2D eigenvalue weighted by atomic mass is 19.1. The first kappa shape index (κ1) is 17.5. The van der Waals surface area contributed by atoms with Gasteiger partial charge in [-0.05, 0) is 50.3 Å². The minimum Gasteiger partial charge on any atom is -0.379 e. The molecule has 4 rings (SSSR count). The van der Waals surface area contributed by atoms with E-state index in [1.54, 1.807) is 12.1 Å². The van der Waals surface area contributed by atoms with Gasteiger partial charge in [-0.15, -0.1) is 0 Å². The van der Waals surface area contributed by atoms with Crippen LogP contribution in [0.2, 0.25) is 0 Å². The third kappa shape index (κ3) is 3.48. The van der Waals surface area contributed by atoms with Crippen molar-refractivity contribution >= 4 is 16.8 Å². The van der Waals surface area contributed by atoms with Crippen molar-refractivity contribution in [2.75, 3.05) is 26.3 Å². The minimum absolute atomic E-state index is 0.146. The second-order valence-electron chi connectivity index (χ2n) is 7.48. The van der Waals surface area contributed by atoms with Gasteiger partial charge in [0.15, 0.2) is 0 Å². The highest BCUT2D eigenvalue weighted by molar-refractivity contribution is 5.99. The Morgan fingerprint density at radius 2 is 2.12 bits per heavy atom. The fourth-order valence-corrected chi connectivity index (χ4v) is 4.28. The van der Waals surface area contributed by atoms with Crippen LogP contribution in [0.4, 0.5) is 4.39 Å². The van der Waals surface area contributed by atoms with Crippen LogP contribution in [0.25, 0.3) is 10.9 Å². The standard InChI is InChI=1S/C20H26FN3O2/c1-13-5-6-17(21)16-12-18(23-19(13)16)20(25)22-14-3-2-4-15(11-14)24-7-9-26-10-8-24/h5-6,12,14-15,23H,2-4,7-11H2,1H3,(H,22,25)/t14-,15-/m1/s1. The molecule has 0 spiro atoms. The molecule has 1 amide bonds. The summed E-state index contributed by atoms with van der Waals surface area (Å²) in [5.74, 6) is -0.446. The van der Waals surface area contributed by atoms with E-state index < -0.39 is 0 Å². The molecule has 2 fully saturated rings. The van der Waals surface area contributed by atoms with E-state index in [4.69, 9.17) is 4.74 Å². The molecule has 1 aromatic heterocycles. The zero-order valence-corrected chi connectivity index (χ0v) is 15.2. The van der Waals surface area contributed by atoms with Gasteiger partial charge in [0.25, 0.3) is 5.91 Å². The third-order valence-electron chi connectivity index (χ3n) is 5.74. The second-order valence-corrected chi connectivity index (χ2v) is 7.48. The number of rotatable bonds is 3. The lowest BCUT2D eigenvalue weighted by molar-refractivity contribution is 0.00551. The molecule has 1 aromatic carbocycles. The molecular formula is C20H26FN3O2. The molecule has 0 radical (unpaired) electrons. The molecular weight excluding hydrogens is 333 g/mol. The molecule has 1 aliphatic heterocycles. The molecule has 6 heteroatoms. The summed E-state index contributed by atoms with van der Waals surface area (Å²) in [6.07, 6.45) is 4.27. The topological polar surface area (TPSA) is 57.4 Å². The van der Waals surface area contributed by atoms with Crippen LogP contribution in [0.3, 0.4) is 0 Å². The Kier molecular flexibility index (Phi) is 4.96. The number of hydrogen-bond acceptors (Lipinski definition) is 3. The summed E-state index contributed by atoms with van der Waals surface area (Å²) in [7, 11) is 0. The van der Waals surface area contributed by atoms with Crippen molar-refractivity contribution in [3.05, 3.63) is 35.3 Å². The second kappa shape index (κ2) is 7.37. The van der Waals surface area contributed by atoms with Crippen LogP contribution in [-0.2, 0) is 4.74 Å². The Labute approximate surface area is 152 Å². The SMILES string of the molecule is Cc1ccc(F)c2cc(C(=O)N[C@@H]3CCC[C@@H](N4CCOCC4)C3)[nH]c12. The molecule has 5 nitrogen and oxygen atoms in total. The predicted molar refractivity (Wildman–Crippen MR) is 98.9 cm³/mol. The minimum atomic E-state index is -0.300. The number of ether oxygens (including phenoxy) is 1. The molecule has 26 heavy (non-hydrogen) atoms. The van der Waals surface area contributed by atoms with Gasteiger partial charge in [-0.2, -0.15) is 0 Å². The fraction of sp³-hybridized carbons (Fsp3) is 0.550. The van der Waals surface area contributed by atoms with Crippen molar-refractivity contribution in [3.63, 3.8) is 0 Å². The average molecular weight is 359 g/mol. The van der Waals surface area contributed by atoms with Crippen LogP contribution >= 0.6 is 0 Å². The number of morpholine rings is 1. The van der Waals surface area contributed by atoms with Crippen LogP contribution in [0.1, 0.15) is 41.7 Å². The van der Waals surface area contributed by atoms with Gasteiger partial charge >= 0.3 is 0 Å². The summed E-state index contributed by atoms with van der Waals surface area (Å²) in [5, 5.41) is 3.63. The quantitative estimate of drug-likeness (QED) is 0.886. The first-order valence-electron chi connectivity index (χ1n) is 9.52. The van der Waals surface area contributed by atoms with Crippen molar-refractivity contribution in [2.45, 2.75) is 44.7 Å². The first-order chi connectivity index (χ1) is 12.6. The molecule has 2 heterocycles. The summed E-state index contributed by atoms with van der Waals surface area (Å²) in [6, 6.07) is 5.47. The summed E-state index contributed by atoms with van der Waals surface area (Å²) in [5.41, 5.74) is 2.07. The third-order valence-corrected chi connectivity index (χ3v) is 5.74. The Morgan fingerprint density at radius 3 is 2.88 bits per heavy atom. The zero-order valence-electron chi connectivity index (χ0n) is 15.2. The maximum Gasteiger partial charge on any atom is 0.267 e. The van der Waals surface area contributed by atoms with E-state index in [0.29, 0.717) is 22.6 Å². The van der Waals surface area contributed by atoms with Gasteiger partial charge in [0.1, 0.15) is 11.5 Å². The fourth-order valence-electron chi connectivity index (χ4n) is 4.28. The van der Waals surface area contributed by atoms with E-state index in [9.17, 15) is 9.18 Å². The Bertz CT molecular complexity index is 759. The van der Waals surface area contributed by atoms with Gasteiger partial charge in [0, 0.05) is 30.6 Å². The van der Waals surface area contributed by atoms with Crippen LogP contribution in [0, 0.1) is 12.7 Å². The Balaban J connectivity index is 1.44. The lowest BCUT2D eigenvalue weighted by Crippen LogP contribution is -2.49. The van der Waals surface area contributed by atoms with Crippen molar-refractivity contribution in [3.8, 4) is 0 Å². The van der Waals surface area contributed by atoms with E-state index in [1.165, 1.54) is 12.5 Å². The predicted octanol–water partition coefficient (Wildman–Crippen LogP) is 2.99. The first-order valence-corrected chi connectivity index (χ1v) is 9.52. The Morgan fingerprint density at radius 1 is 1.31 bits per heavy atom. The van der Waals surface area contributed by atoms with Gasteiger partial charge in [0.05, 0.1) is 18.7 Å². The van der Waals surface area contributed by atoms with Gasteiger partial charge < -0.3 is 15.0 Å². The normalized spacial score (nSPS) is 24.7. The molecule has 2 aliphatic rings. The molecule has 1 aliphatic carbocycles. The largest absolute Gasteiger partial charge is 0.379 e. The monoisotopic (exact) mass is 359 g/mol. The molecule has 2 aromatic rings. The highest BCUT2D eigenvalue weighted by Crippen LogP contribution is 2.25. The van der Waals surface area contributed by atoms with E-state index in [0.717, 1.165) is 51.1 Å². The summed E-state index contributed by atoms with van der Waals surface area (Å²) >= 11 is 0. The van der Waals surface area contributed by atoms with Crippen molar-refractivity contribution in [1.82, 2.24) is 15.2 Å². The number of H-pyrrole nitrogens is 1. The molecule has 1 saturated heterocycles. The molecule has 0 unspecified atom stereocenters. The van der Waals surface area contributed by atoms with Crippen LogP contribution in [0.5, 0.6) is 0 Å². The number of nitrogens with zero attached hydrogens (tertiary/aromatic N) is 1. The van der Waals surface area contributed by atoms with Crippen LogP contribution in [0.15, 0.2) is 18.2 Å². The smallest absolute Gasteiger partial charge is 0.267 e.